The molecule has 0 atom stereocenters. The second-order valence-corrected chi connectivity index (χ2v) is 5.71. The fourth-order valence-corrected chi connectivity index (χ4v) is 3.07. The molecule has 0 unspecified atom stereocenters. The van der Waals surface area contributed by atoms with Crippen LogP contribution in [-0.2, 0) is 14.3 Å². The number of hydrogen-bond donors (Lipinski definition) is 0. The summed E-state index contributed by atoms with van der Waals surface area (Å²) < 4.78 is 9.81. The van der Waals surface area contributed by atoms with Crippen molar-refractivity contribution in [2.45, 2.75) is 6.92 Å². The second-order valence-electron chi connectivity index (χ2n) is 4.68. The normalized spacial score (nSPS) is 15.8. The number of esters is 1. The summed E-state index contributed by atoms with van der Waals surface area (Å²) in [6.45, 7) is 1.75. The van der Waals surface area contributed by atoms with Crippen LogP contribution in [0.25, 0.3) is 11.3 Å². The van der Waals surface area contributed by atoms with Gasteiger partial charge in [-0.1, -0.05) is 47.3 Å². The molecule has 0 aliphatic carbocycles. The van der Waals surface area contributed by atoms with Gasteiger partial charge >= 0.3 is 5.97 Å². The lowest BCUT2D eigenvalue weighted by Crippen LogP contribution is -1.98. The number of aliphatic imine (C=N–C) groups is 1. The zero-order valence-corrected chi connectivity index (χ0v) is 13.2. The minimum atomic E-state index is -0.595. The number of ether oxygens (including phenoxy) is 1. The van der Waals surface area contributed by atoms with Gasteiger partial charge in [-0.2, -0.15) is 0 Å². The summed E-state index contributed by atoms with van der Waals surface area (Å²) in [5.41, 5.74) is 2.13. The van der Waals surface area contributed by atoms with Crippen LogP contribution in [0, 0.1) is 6.92 Å². The largest absolute Gasteiger partial charge is 0.466 e. The molecule has 6 nitrogen and oxygen atoms in total. The van der Waals surface area contributed by atoms with Crippen molar-refractivity contribution in [1.29, 1.82) is 0 Å². The Kier molecular flexibility index (Phi) is 4.12. The minimum Gasteiger partial charge on any atom is -0.466 e. The molecule has 116 valence electrons. The van der Waals surface area contributed by atoms with Gasteiger partial charge in [0.05, 0.1) is 17.6 Å². The molecule has 1 aliphatic rings. The Bertz CT molecular complexity index is 837. The molecule has 7 heteroatoms. The van der Waals surface area contributed by atoms with E-state index < -0.39 is 11.9 Å². The van der Waals surface area contributed by atoms with E-state index in [0.717, 1.165) is 23.4 Å². The molecule has 1 aromatic heterocycles. The molecule has 2 aromatic rings. The first kappa shape index (κ1) is 15.2. The monoisotopic (exact) mass is 328 g/mol. The zero-order valence-electron chi connectivity index (χ0n) is 12.4. The van der Waals surface area contributed by atoms with Crippen molar-refractivity contribution < 1.29 is 18.8 Å². The highest BCUT2D eigenvalue weighted by Gasteiger charge is 2.29. The first-order valence-electron chi connectivity index (χ1n) is 6.72. The summed E-state index contributed by atoms with van der Waals surface area (Å²) in [6, 6.07) is 9.47. The topological polar surface area (TPSA) is 81.8 Å². The summed E-state index contributed by atoms with van der Waals surface area (Å²) in [5.74, 6) is -0.514. The Labute approximate surface area is 136 Å². The quantitative estimate of drug-likeness (QED) is 0.636. The predicted molar refractivity (Wildman–Crippen MR) is 85.9 cm³/mol. The van der Waals surface area contributed by atoms with Crippen LogP contribution in [0.2, 0.25) is 0 Å². The van der Waals surface area contributed by atoms with Crippen molar-refractivity contribution in [1.82, 2.24) is 5.16 Å². The van der Waals surface area contributed by atoms with Gasteiger partial charge < -0.3 is 9.26 Å². The number of thioether (sulfide) groups is 1. The number of amides is 1. The molecule has 0 bridgehead atoms. The Balaban J connectivity index is 2.00. The van der Waals surface area contributed by atoms with E-state index in [9.17, 15) is 9.59 Å². The first-order chi connectivity index (χ1) is 11.1. The van der Waals surface area contributed by atoms with Crippen LogP contribution < -0.4 is 0 Å². The smallest absolute Gasteiger partial charge is 0.331 e. The number of aryl methyl sites for hydroxylation is 1. The van der Waals surface area contributed by atoms with Crippen LogP contribution in [0.1, 0.15) is 11.3 Å². The molecule has 0 saturated heterocycles. The van der Waals surface area contributed by atoms with Crippen molar-refractivity contribution >= 4 is 28.7 Å². The van der Waals surface area contributed by atoms with Crippen LogP contribution in [-0.4, -0.2) is 29.2 Å². The van der Waals surface area contributed by atoms with Gasteiger partial charge in [-0.05, 0) is 6.92 Å². The first-order valence-corrected chi connectivity index (χ1v) is 7.54. The maximum absolute atomic E-state index is 12.0. The molecule has 2 heterocycles. The van der Waals surface area contributed by atoms with Gasteiger partial charge in [0.25, 0.3) is 5.91 Å². The number of methoxy groups -OCH3 is 1. The van der Waals surface area contributed by atoms with E-state index in [-0.39, 0.29) is 4.91 Å². The second kappa shape index (κ2) is 6.21. The molecule has 0 radical (unpaired) electrons. The Morgan fingerprint density at radius 3 is 2.74 bits per heavy atom. The van der Waals surface area contributed by atoms with Gasteiger partial charge in [-0.25, -0.2) is 9.79 Å². The predicted octanol–water partition coefficient (Wildman–Crippen LogP) is 2.73. The van der Waals surface area contributed by atoms with E-state index in [1.807, 2.05) is 30.3 Å². The maximum atomic E-state index is 12.0. The van der Waals surface area contributed by atoms with E-state index in [1.165, 1.54) is 7.11 Å². The third-order valence-electron chi connectivity index (χ3n) is 3.19. The van der Waals surface area contributed by atoms with Crippen molar-refractivity contribution in [3.8, 4) is 11.3 Å². The summed E-state index contributed by atoms with van der Waals surface area (Å²) in [5, 5.41) is 4.53. The molecular weight excluding hydrogens is 316 g/mol. The molecule has 0 saturated carbocycles. The number of carbonyl (C=O) groups excluding carboxylic acids is 2. The van der Waals surface area contributed by atoms with Crippen LogP contribution >= 0.6 is 11.8 Å². The van der Waals surface area contributed by atoms with Crippen molar-refractivity contribution in [3.63, 3.8) is 0 Å². The van der Waals surface area contributed by atoms with Gasteiger partial charge in [0.2, 0.25) is 0 Å². The molecule has 1 aromatic carbocycles. The highest BCUT2D eigenvalue weighted by Crippen LogP contribution is 2.35. The summed E-state index contributed by atoms with van der Waals surface area (Å²) in [6.07, 6.45) is 1.13. The summed E-state index contributed by atoms with van der Waals surface area (Å²) >= 11 is 1.10. The molecule has 0 N–H and O–H groups in total. The van der Waals surface area contributed by atoms with Crippen molar-refractivity contribution in [3.05, 3.63) is 52.6 Å². The fourth-order valence-electron chi connectivity index (χ4n) is 2.10. The van der Waals surface area contributed by atoms with E-state index >= 15 is 0 Å². The Morgan fingerprint density at radius 1 is 1.30 bits per heavy atom. The Hall–Kier alpha value is -2.67. The number of rotatable bonds is 3. The Morgan fingerprint density at radius 2 is 2.04 bits per heavy atom. The summed E-state index contributed by atoms with van der Waals surface area (Å²) in [4.78, 5) is 27.5. The van der Waals surface area contributed by atoms with E-state index in [2.05, 4.69) is 14.9 Å². The molecule has 23 heavy (non-hydrogen) atoms. The third kappa shape index (κ3) is 2.95. The number of nitrogens with zero attached hydrogens (tertiary/aromatic N) is 2. The fraction of sp³-hybridized carbons (Fsp3) is 0.125. The average Bonchev–Trinajstić information content (AvgIpc) is 3.11. The third-order valence-corrected chi connectivity index (χ3v) is 4.20. The van der Waals surface area contributed by atoms with Crippen LogP contribution in [0.15, 0.2) is 50.8 Å². The summed E-state index contributed by atoms with van der Waals surface area (Å²) in [7, 11) is 1.25. The highest BCUT2D eigenvalue weighted by molar-refractivity contribution is 8.19. The van der Waals surface area contributed by atoms with Gasteiger partial charge in [0, 0.05) is 11.6 Å². The van der Waals surface area contributed by atoms with Gasteiger partial charge in [0.1, 0.15) is 16.5 Å². The SMILES string of the molecule is COC(=O)C=C1SC(c2c(-c3ccccc3)noc2C)=NC1=O. The van der Waals surface area contributed by atoms with Crippen LogP contribution in [0.4, 0.5) is 0 Å². The standard InChI is InChI=1S/C16H12N2O4S/c1-9-13(14(18-22-9)10-6-4-3-5-7-10)16-17-15(20)11(23-16)8-12(19)21-2/h3-8H,1-2H3. The van der Waals surface area contributed by atoms with Gasteiger partial charge in [-0.15, -0.1) is 0 Å². The van der Waals surface area contributed by atoms with Gasteiger partial charge in [-0.3, -0.25) is 4.79 Å². The lowest BCUT2D eigenvalue weighted by atomic mass is 10.1. The van der Waals surface area contributed by atoms with E-state index in [1.54, 1.807) is 6.92 Å². The van der Waals surface area contributed by atoms with E-state index in [0.29, 0.717) is 22.1 Å². The van der Waals surface area contributed by atoms with Gasteiger partial charge in [0.15, 0.2) is 0 Å². The number of carbonyl (C=O) groups is 2. The average molecular weight is 328 g/mol. The highest BCUT2D eigenvalue weighted by atomic mass is 32.2. The molecule has 1 aliphatic heterocycles. The minimum absolute atomic E-state index is 0.214. The van der Waals surface area contributed by atoms with Crippen molar-refractivity contribution in [2.75, 3.05) is 7.11 Å². The molecule has 3 rings (SSSR count). The maximum Gasteiger partial charge on any atom is 0.331 e. The molecule has 0 spiro atoms. The van der Waals surface area contributed by atoms with Crippen molar-refractivity contribution in [2.24, 2.45) is 4.99 Å². The lowest BCUT2D eigenvalue weighted by molar-refractivity contribution is -0.135. The molecule has 0 fully saturated rings. The number of aromatic nitrogens is 1. The lowest BCUT2D eigenvalue weighted by Gasteiger charge is -2.01. The molecular formula is C16H12N2O4S. The van der Waals surface area contributed by atoms with Crippen LogP contribution in [0.3, 0.4) is 0 Å². The number of benzene rings is 1. The zero-order chi connectivity index (χ0) is 16.4. The number of hydrogen-bond acceptors (Lipinski definition) is 6. The van der Waals surface area contributed by atoms with Crippen LogP contribution in [0.5, 0.6) is 0 Å². The van der Waals surface area contributed by atoms with E-state index in [4.69, 9.17) is 4.52 Å². The molecule has 1 amide bonds.